The molecule has 0 aliphatic heterocycles. The number of benzene rings is 2. The van der Waals surface area contributed by atoms with Crippen LogP contribution < -0.4 is 15.4 Å². The van der Waals surface area contributed by atoms with Crippen molar-refractivity contribution in [3.05, 3.63) is 54.6 Å². The number of carbonyl (C=O) groups is 1. The van der Waals surface area contributed by atoms with Gasteiger partial charge in [-0.3, -0.25) is 4.79 Å². The number of para-hydroxylation sites is 1. The number of amides is 1. The standard InChI is InChI=1S/C22H24N4O2S2/c27-20(23-16-7-3-1-4-8-16)15-29-22-26-25-21(30-22)24-17-11-13-19(14-12-17)28-18-9-5-2-6-10-18/h2,5-6,9-14,16H,1,3-4,7-8,15H2,(H,23,27)(H,24,25). The van der Waals surface area contributed by atoms with Gasteiger partial charge in [0.1, 0.15) is 11.5 Å². The molecule has 0 atom stereocenters. The summed E-state index contributed by atoms with van der Waals surface area (Å²) in [5.41, 5.74) is 0.901. The van der Waals surface area contributed by atoms with E-state index >= 15 is 0 Å². The van der Waals surface area contributed by atoms with Crippen LogP contribution in [0.3, 0.4) is 0 Å². The molecule has 1 heterocycles. The molecule has 0 spiro atoms. The van der Waals surface area contributed by atoms with Crippen LogP contribution in [0.25, 0.3) is 0 Å². The van der Waals surface area contributed by atoms with Crippen LogP contribution >= 0.6 is 23.1 Å². The molecular weight excluding hydrogens is 416 g/mol. The Balaban J connectivity index is 1.24. The van der Waals surface area contributed by atoms with Crippen molar-refractivity contribution in [3.8, 4) is 11.5 Å². The first kappa shape index (κ1) is 20.7. The highest BCUT2D eigenvalue weighted by atomic mass is 32.2. The Bertz CT molecular complexity index is 941. The van der Waals surface area contributed by atoms with E-state index in [1.54, 1.807) is 0 Å². The van der Waals surface area contributed by atoms with Crippen LogP contribution in [0.4, 0.5) is 10.8 Å². The average Bonchev–Trinajstić information content (AvgIpc) is 3.22. The highest BCUT2D eigenvalue weighted by molar-refractivity contribution is 8.01. The summed E-state index contributed by atoms with van der Waals surface area (Å²) in [6.45, 7) is 0. The van der Waals surface area contributed by atoms with Gasteiger partial charge in [0.05, 0.1) is 5.75 Å². The molecule has 2 N–H and O–H groups in total. The fourth-order valence-corrected chi connectivity index (χ4v) is 4.90. The molecule has 3 aromatic rings. The zero-order valence-corrected chi connectivity index (χ0v) is 18.2. The van der Waals surface area contributed by atoms with Crippen LogP contribution in [-0.4, -0.2) is 27.9 Å². The summed E-state index contributed by atoms with van der Waals surface area (Å²) in [5.74, 6) is 2.02. The maximum atomic E-state index is 12.1. The van der Waals surface area contributed by atoms with Crippen molar-refractivity contribution in [2.45, 2.75) is 42.5 Å². The van der Waals surface area contributed by atoms with Crippen molar-refractivity contribution in [2.75, 3.05) is 11.1 Å². The van der Waals surface area contributed by atoms with E-state index in [-0.39, 0.29) is 5.91 Å². The molecule has 1 fully saturated rings. The van der Waals surface area contributed by atoms with Crippen molar-refractivity contribution in [1.29, 1.82) is 0 Å². The van der Waals surface area contributed by atoms with E-state index in [1.807, 2.05) is 54.6 Å². The van der Waals surface area contributed by atoms with Gasteiger partial charge < -0.3 is 15.4 Å². The van der Waals surface area contributed by atoms with Crippen LogP contribution in [-0.2, 0) is 4.79 Å². The van der Waals surface area contributed by atoms with Crippen molar-refractivity contribution in [3.63, 3.8) is 0 Å². The van der Waals surface area contributed by atoms with Gasteiger partial charge in [-0.05, 0) is 49.2 Å². The average molecular weight is 441 g/mol. The minimum absolute atomic E-state index is 0.0746. The predicted octanol–water partition coefficient (Wildman–Crippen LogP) is 5.62. The fraction of sp³-hybridized carbons (Fsp3) is 0.318. The second-order valence-electron chi connectivity index (χ2n) is 7.13. The summed E-state index contributed by atoms with van der Waals surface area (Å²) in [7, 11) is 0. The fourth-order valence-electron chi connectivity index (χ4n) is 3.32. The molecule has 4 rings (SSSR count). The number of hydrogen-bond donors (Lipinski definition) is 2. The molecular formula is C22H24N4O2S2. The van der Waals surface area contributed by atoms with Crippen LogP contribution in [0.5, 0.6) is 11.5 Å². The molecule has 156 valence electrons. The van der Waals surface area contributed by atoms with Crippen molar-refractivity contribution < 1.29 is 9.53 Å². The maximum Gasteiger partial charge on any atom is 0.230 e. The van der Waals surface area contributed by atoms with Crippen LogP contribution in [0.2, 0.25) is 0 Å². The summed E-state index contributed by atoms with van der Waals surface area (Å²) >= 11 is 2.87. The van der Waals surface area contributed by atoms with Crippen LogP contribution in [0.15, 0.2) is 58.9 Å². The molecule has 8 heteroatoms. The van der Waals surface area contributed by atoms with Gasteiger partial charge in [0, 0.05) is 11.7 Å². The van der Waals surface area contributed by atoms with E-state index < -0.39 is 0 Å². The molecule has 0 saturated heterocycles. The number of rotatable bonds is 8. The van der Waals surface area contributed by atoms with Gasteiger partial charge in [-0.25, -0.2) is 0 Å². The Kier molecular flexibility index (Phi) is 7.20. The zero-order chi connectivity index (χ0) is 20.6. The van der Waals surface area contributed by atoms with Gasteiger partial charge in [-0.1, -0.05) is 60.6 Å². The van der Waals surface area contributed by atoms with Crippen molar-refractivity contribution in [2.24, 2.45) is 0 Å². The van der Waals surface area contributed by atoms with Crippen LogP contribution in [0.1, 0.15) is 32.1 Å². The summed E-state index contributed by atoms with van der Waals surface area (Å²) in [6.07, 6.45) is 5.90. The molecule has 0 unspecified atom stereocenters. The van der Waals surface area contributed by atoms with Gasteiger partial charge in [-0.2, -0.15) is 0 Å². The maximum absolute atomic E-state index is 12.1. The van der Waals surface area contributed by atoms with E-state index in [0.29, 0.717) is 16.9 Å². The third-order valence-corrected chi connectivity index (χ3v) is 6.76. The Morgan fingerprint density at radius 2 is 1.73 bits per heavy atom. The Labute approximate surface area is 184 Å². The molecule has 1 aromatic heterocycles. The quantitative estimate of drug-likeness (QED) is 0.443. The first-order valence-electron chi connectivity index (χ1n) is 10.1. The number of nitrogens with one attached hydrogen (secondary N) is 2. The molecule has 30 heavy (non-hydrogen) atoms. The number of hydrogen-bond acceptors (Lipinski definition) is 7. The number of ether oxygens (including phenoxy) is 1. The first-order valence-corrected chi connectivity index (χ1v) is 11.9. The summed E-state index contributed by atoms with van der Waals surface area (Å²) in [4.78, 5) is 12.1. The molecule has 1 saturated carbocycles. The lowest BCUT2D eigenvalue weighted by atomic mass is 9.95. The van der Waals surface area contributed by atoms with Gasteiger partial charge in [0.15, 0.2) is 4.34 Å². The number of carbonyl (C=O) groups excluding carboxylic acids is 1. The van der Waals surface area contributed by atoms with Gasteiger partial charge in [-0.15, -0.1) is 10.2 Å². The number of aromatic nitrogens is 2. The Hall–Kier alpha value is -2.58. The molecule has 6 nitrogen and oxygen atoms in total. The third kappa shape index (κ3) is 6.21. The van der Waals surface area contributed by atoms with Gasteiger partial charge >= 0.3 is 0 Å². The Morgan fingerprint density at radius 1 is 1.00 bits per heavy atom. The second-order valence-corrected chi connectivity index (χ2v) is 9.33. The topological polar surface area (TPSA) is 76.1 Å². The summed E-state index contributed by atoms with van der Waals surface area (Å²) < 4.78 is 6.58. The lowest BCUT2D eigenvalue weighted by Gasteiger charge is -2.22. The second kappa shape index (κ2) is 10.4. The van der Waals surface area contributed by atoms with Crippen molar-refractivity contribution >= 4 is 39.8 Å². The normalized spacial score (nSPS) is 14.3. The molecule has 1 amide bonds. The molecule has 0 bridgehead atoms. The smallest absolute Gasteiger partial charge is 0.230 e. The summed E-state index contributed by atoms with van der Waals surface area (Å²) in [6, 6.07) is 17.7. The predicted molar refractivity (Wildman–Crippen MR) is 122 cm³/mol. The molecule has 0 radical (unpaired) electrons. The van der Waals surface area contributed by atoms with Crippen LogP contribution in [0, 0.1) is 0 Å². The highest BCUT2D eigenvalue weighted by Crippen LogP contribution is 2.29. The minimum atomic E-state index is 0.0746. The van der Waals surface area contributed by atoms with E-state index in [9.17, 15) is 4.79 Å². The van der Waals surface area contributed by atoms with Gasteiger partial charge in [0.2, 0.25) is 11.0 Å². The minimum Gasteiger partial charge on any atom is -0.457 e. The van der Waals surface area contributed by atoms with E-state index in [4.69, 9.17) is 4.74 Å². The highest BCUT2D eigenvalue weighted by Gasteiger charge is 2.16. The number of thioether (sulfide) groups is 1. The lowest BCUT2D eigenvalue weighted by Crippen LogP contribution is -2.37. The number of anilines is 2. The SMILES string of the molecule is O=C(CSc1nnc(Nc2ccc(Oc3ccccc3)cc2)s1)NC1CCCCC1. The van der Waals surface area contributed by atoms with E-state index in [0.717, 1.165) is 34.4 Å². The van der Waals surface area contributed by atoms with E-state index in [2.05, 4.69) is 20.8 Å². The summed E-state index contributed by atoms with van der Waals surface area (Å²) in [5, 5.41) is 15.4. The molecule has 1 aliphatic rings. The molecule has 2 aromatic carbocycles. The molecule has 1 aliphatic carbocycles. The first-order chi connectivity index (χ1) is 14.7. The van der Waals surface area contributed by atoms with Gasteiger partial charge in [0.25, 0.3) is 0 Å². The number of nitrogens with zero attached hydrogens (tertiary/aromatic N) is 2. The third-order valence-electron chi connectivity index (χ3n) is 4.79. The Morgan fingerprint density at radius 3 is 2.50 bits per heavy atom. The van der Waals surface area contributed by atoms with Crippen molar-refractivity contribution in [1.82, 2.24) is 15.5 Å². The monoisotopic (exact) mass is 440 g/mol. The zero-order valence-electron chi connectivity index (χ0n) is 16.5. The largest absolute Gasteiger partial charge is 0.457 e. The van der Waals surface area contributed by atoms with E-state index in [1.165, 1.54) is 42.4 Å². The lowest BCUT2D eigenvalue weighted by molar-refractivity contribution is -0.119.